The van der Waals surface area contributed by atoms with Gasteiger partial charge in [0.05, 0.1) is 5.70 Å². The summed E-state index contributed by atoms with van der Waals surface area (Å²) in [4.78, 5) is 3.84. The molecule has 3 nitrogen and oxygen atoms in total. The number of hydrogen-bond donors (Lipinski definition) is 2. The number of aliphatic imine (C=N–C) groups is 1. The van der Waals surface area contributed by atoms with Crippen molar-refractivity contribution >= 4 is 6.21 Å². The Labute approximate surface area is 49.1 Å². The molecule has 0 amide bonds. The Balaban J connectivity index is 3.53. The average molecular weight is 113 g/mol. The Morgan fingerprint density at radius 1 is 1.75 bits per heavy atom. The summed E-state index contributed by atoms with van der Waals surface area (Å²) in [6, 6.07) is 0. The van der Waals surface area contributed by atoms with E-state index in [1.807, 2.05) is 6.92 Å². The molecule has 0 aromatic heterocycles. The second kappa shape index (κ2) is 4.18. The quantitative estimate of drug-likeness (QED) is 0.488. The third-order valence-electron chi connectivity index (χ3n) is 0.615. The molecule has 0 aromatic carbocycles. The van der Waals surface area contributed by atoms with Crippen LogP contribution >= 0.6 is 0 Å². The number of nitrogens with two attached hydrogens (primary N) is 2. The predicted octanol–water partition coefficient (Wildman–Crippen LogP) is -0.164. The molecule has 8 heavy (non-hydrogen) atoms. The van der Waals surface area contributed by atoms with Gasteiger partial charge in [-0.25, -0.2) is 0 Å². The van der Waals surface area contributed by atoms with Gasteiger partial charge in [0.15, 0.2) is 0 Å². The van der Waals surface area contributed by atoms with Crippen LogP contribution in [0, 0.1) is 0 Å². The van der Waals surface area contributed by atoms with Gasteiger partial charge in [-0.1, -0.05) is 0 Å². The van der Waals surface area contributed by atoms with Gasteiger partial charge < -0.3 is 11.5 Å². The zero-order chi connectivity index (χ0) is 6.41. The molecule has 0 saturated heterocycles. The molecule has 0 saturated carbocycles. The van der Waals surface area contributed by atoms with Crippen LogP contribution in [0.25, 0.3) is 0 Å². The lowest BCUT2D eigenvalue weighted by molar-refractivity contribution is 1.14. The SMILES string of the molecule is CCN=CC(N)=CN. The molecule has 46 valence electrons. The highest BCUT2D eigenvalue weighted by atomic mass is 14.7. The molecule has 3 heteroatoms. The van der Waals surface area contributed by atoms with Crippen molar-refractivity contribution in [1.82, 2.24) is 0 Å². The van der Waals surface area contributed by atoms with Crippen LogP contribution in [-0.2, 0) is 0 Å². The third-order valence-corrected chi connectivity index (χ3v) is 0.615. The number of allylic oxidation sites excluding steroid dienone is 1. The van der Waals surface area contributed by atoms with E-state index in [1.54, 1.807) is 6.21 Å². The highest BCUT2D eigenvalue weighted by molar-refractivity contribution is 5.76. The minimum Gasteiger partial charge on any atom is -0.403 e. The van der Waals surface area contributed by atoms with Crippen molar-refractivity contribution in [3.63, 3.8) is 0 Å². The first kappa shape index (κ1) is 7.01. The molecule has 0 unspecified atom stereocenters. The van der Waals surface area contributed by atoms with Crippen molar-refractivity contribution in [3.05, 3.63) is 11.9 Å². The van der Waals surface area contributed by atoms with E-state index in [4.69, 9.17) is 11.5 Å². The first-order valence-electron chi connectivity index (χ1n) is 2.48. The smallest absolute Gasteiger partial charge is 0.0652 e. The van der Waals surface area contributed by atoms with Crippen molar-refractivity contribution in [1.29, 1.82) is 0 Å². The number of hydrogen-bond acceptors (Lipinski definition) is 3. The summed E-state index contributed by atoms with van der Waals surface area (Å²) in [7, 11) is 0. The van der Waals surface area contributed by atoms with Crippen LogP contribution in [0.3, 0.4) is 0 Å². The lowest BCUT2D eigenvalue weighted by Crippen LogP contribution is -2.01. The van der Waals surface area contributed by atoms with Crippen molar-refractivity contribution < 1.29 is 0 Å². The highest BCUT2D eigenvalue weighted by Gasteiger charge is 1.74. The van der Waals surface area contributed by atoms with Crippen LogP contribution in [0.5, 0.6) is 0 Å². The van der Waals surface area contributed by atoms with Gasteiger partial charge >= 0.3 is 0 Å². The molecule has 4 N–H and O–H groups in total. The van der Waals surface area contributed by atoms with Gasteiger partial charge in [0, 0.05) is 19.0 Å². The number of rotatable bonds is 2. The fourth-order valence-electron chi connectivity index (χ4n) is 0.240. The van der Waals surface area contributed by atoms with E-state index in [-0.39, 0.29) is 0 Å². The predicted molar refractivity (Wildman–Crippen MR) is 35.5 cm³/mol. The second-order valence-electron chi connectivity index (χ2n) is 1.29. The summed E-state index contributed by atoms with van der Waals surface area (Å²) >= 11 is 0. The normalized spacial score (nSPS) is 12.9. The Bertz CT molecular complexity index is 104. The van der Waals surface area contributed by atoms with Gasteiger partial charge in [0.1, 0.15) is 0 Å². The minimum absolute atomic E-state index is 0.506. The Kier molecular flexibility index (Phi) is 3.66. The third kappa shape index (κ3) is 3.21. The molecule has 0 aliphatic rings. The molecule has 0 rings (SSSR count). The van der Waals surface area contributed by atoms with Crippen LogP contribution in [0.15, 0.2) is 16.9 Å². The maximum Gasteiger partial charge on any atom is 0.0652 e. The van der Waals surface area contributed by atoms with E-state index in [9.17, 15) is 0 Å². The fourth-order valence-corrected chi connectivity index (χ4v) is 0.240. The van der Waals surface area contributed by atoms with Crippen molar-refractivity contribution in [3.8, 4) is 0 Å². The van der Waals surface area contributed by atoms with E-state index < -0.39 is 0 Å². The van der Waals surface area contributed by atoms with Crippen LogP contribution in [0.1, 0.15) is 6.92 Å². The van der Waals surface area contributed by atoms with Crippen molar-refractivity contribution in [2.24, 2.45) is 16.5 Å². The summed E-state index contributed by atoms with van der Waals surface area (Å²) in [5.41, 5.74) is 10.8. The van der Waals surface area contributed by atoms with Gasteiger partial charge in [-0.15, -0.1) is 0 Å². The first-order valence-corrected chi connectivity index (χ1v) is 2.48. The van der Waals surface area contributed by atoms with Gasteiger partial charge in [0.2, 0.25) is 0 Å². The molecular weight excluding hydrogens is 102 g/mol. The van der Waals surface area contributed by atoms with E-state index in [2.05, 4.69) is 4.99 Å². The lowest BCUT2D eigenvalue weighted by Gasteiger charge is -1.84. The molecule has 0 heterocycles. The summed E-state index contributed by atoms with van der Waals surface area (Å²) in [6.07, 6.45) is 2.86. The zero-order valence-electron chi connectivity index (χ0n) is 4.96. The summed E-state index contributed by atoms with van der Waals surface area (Å²) in [5, 5.41) is 0. The van der Waals surface area contributed by atoms with Crippen molar-refractivity contribution in [2.75, 3.05) is 6.54 Å². The summed E-state index contributed by atoms with van der Waals surface area (Å²) in [6.45, 7) is 2.68. The first-order chi connectivity index (χ1) is 3.81. The number of nitrogens with zero attached hydrogens (tertiary/aromatic N) is 1. The van der Waals surface area contributed by atoms with E-state index in [1.165, 1.54) is 6.20 Å². The topological polar surface area (TPSA) is 64.4 Å². The standard InChI is InChI=1S/C5H11N3/c1-2-8-4-5(7)3-6/h3-4H,2,6-7H2,1H3. The van der Waals surface area contributed by atoms with E-state index >= 15 is 0 Å². The Morgan fingerprint density at radius 3 is 2.75 bits per heavy atom. The van der Waals surface area contributed by atoms with Crippen LogP contribution < -0.4 is 11.5 Å². The average Bonchev–Trinajstić information content (AvgIpc) is 1.83. The summed E-state index contributed by atoms with van der Waals surface area (Å²) < 4.78 is 0. The maximum atomic E-state index is 5.25. The Morgan fingerprint density at radius 2 is 2.38 bits per heavy atom. The van der Waals surface area contributed by atoms with Gasteiger partial charge in [-0.05, 0) is 6.92 Å². The fraction of sp³-hybridized carbons (Fsp3) is 0.400. The minimum atomic E-state index is 0.506. The molecule has 0 aliphatic carbocycles. The summed E-state index contributed by atoms with van der Waals surface area (Å²) in [5.74, 6) is 0. The van der Waals surface area contributed by atoms with Gasteiger partial charge in [-0.3, -0.25) is 4.99 Å². The largest absolute Gasteiger partial charge is 0.403 e. The van der Waals surface area contributed by atoms with Gasteiger partial charge in [0.25, 0.3) is 0 Å². The molecule has 0 aromatic rings. The monoisotopic (exact) mass is 113 g/mol. The molecule has 0 bridgehead atoms. The maximum absolute atomic E-state index is 5.25. The highest BCUT2D eigenvalue weighted by Crippen LogP contribution is 1.71. The van der Waals surface area contributed by atoms with Crippen LogP contribution in [-0.4, -0.2) is 12.8 Å². The van der Waals surface area contributed by atoms with Crippen LogP contribution in [0.2, 0.25) is 0 Å². The van der Waals surface area contributed by atoms with Crippen LogP contribution in [0.4, 0.5) is 0 Å². The Hall–Kier alpha value is -0.990. The van der Waals surface area contributed by atoms with E-state index in [0.29, 0.717) is 5.70 Å². The zero-order valence-corrected chi connectivity index (χ0v) is 4.96. The molecule has 0 fully saturated rings. The second-order valence-corrected chi connectivity index (χ2v) is 1.29. The molecule has 0 atom stereocenters. The van der Waals surface area contributed by atoms with Gasteiger partial charge in [-0.2, -0.15) is 0 Å². The van der Waals surface area contributed by atoms with E-state index in [0.717, 1.165) is 6.54 Å². The lowest BCUT2D eigenvalue weighted by atomic mass is 10.5. The molecule has 0 aliphatic heterocycles. The molecule has 0 radical (unpaired) electrons. The molecule has 0 spiro atoms. The molecular formula is C5H11N3. The van der Waals surface area contributed by atoms with Crippen molar-refractivity contribution in [2.45, 2.75) is 6.92 Å².